The lowest BCUT2D eigenvalue weighted by Gasteiger charge is -2.26. The number of amides is 1. The van der Waals surface area contributed by atoms with Crippen LogP contribution >= 0.6 is 0 Å². The number of fused-ring (bicyclic) bond motifs is 1. The first kappa shape index (κ1) is 23.6. The van der Waals surface area contributed by atoms with E-state index >= 15 is 0 Å². The van der Waals surface area contributed by atoms with Gasteiger partial charge in [0.2, 0.25) is 0 Å². The molecule has 1 unspecified atom stereocenters. The van der Waals surface area contributed by atoms with Crippen LogP contribution in [0.4, 0.5) is 0 Å². The third-order valence-corrected chi connectivity index (χ3v) is 6.07. The second-order valence-corrected chi connectivity index (χ2v) is 8.27. The van der Waals surface area contributed by atoms with Crippen LogP contribution in [0.5, 0.6) is 17.2 Å². The minimum atomic E-state index is -0.830. The standard InChI is InChI=1S/C26H29NO7/c1-3-33-21-15-17(7-9-19(21)28)23-22(25(30)26(31)27(23)11-5-12-32-2)24(29)18-8-10-20-16(14-18)6-4-13-34-20/h7-10,14-15,23,28-29H,3-6,11-13H2,1-2H3/b24-22+. The maximum Gasteiger partial charge on any atom is 0.295 e. The van der Waals surface area contributed by atoms with Gasteiger partial charge in [0.1, 0.15) is 11.5 Å². The number of nitrogens with zero attached hydrogens (tertiary/aromatic N) is 1. The van der Waals surface area contributed by atoms with Crippen LogP contribution in [0.15, 0.2) is 42.0 Å². The average Bonchev–Trinajstić information content (AvgIpc) is 3.10. The van der Waals surface area contributed by atoms with Crippen LogP contribution in [0.1, 0.15) is 42.5 Å². The van der Waals surface area contributed by atoms with Gasteiger partial charge >= 0.3 is 0 Å². The Kier molecular flexibility index (Phi) is 7.07. The van der Waals surface area contributed by atoms with E-state index in [2.05, 4.69) is 0 Å². The fraction of sp³-hybridized carbons (Fsp3) is 0.385. The lowest BCUT2D eigenvalue weighted by Crippen LogP contribution is -2.31. The molecule has 2 N–H and O–H groups in total. The Morgan fingerprint density at radius 3 is 2.79 bits per heavy atom. The lowest BCUT2D eigenvalue weighted by molar-refractivity contribution is -0.140. The number of likely N-dealkylation sites (tertiary alicyclic amines) is 1. The number of hydrogen-bond donors (Lipinski definition) is 2. The number of Topliss-reactive ketones (excluding diaryl/α,β-unsaturated/α-hetero) is 1. The van der Waals surface area contributed by atoms with Crippen molar-refractivity contribution in [3.8, 4) is 17.2 Å². The number of phenolic OH excluding ortho intramolecular Hbond substituents is 1. The van der Waals surface area contributed by atoms with Crippen molar-refractivity contribution in [3.05, 3.63) is 58.7 Å². The fourth-order valence-electron chi connectivity index (χ4n) is 4.47. The van der Waals surface area contributed by atoms with E-state index in [-0.39, 0.29) is 29.4 Å². The molecule has 0 aliphatic carbocycles. The number of methoxy groups -OCH3 is 1. The predicted octanol–water partition coefficient (Wildman–Crippen LogP) is 3.57. The largest absolute Gasteiger partial charge is 0.507 e. The molecule has 1 saturated heterocycles. The third-order valence-electron chi connectivity index (χ3n) is 6.07. The van der Waals surface area contributed by atoms with Crippen LogP contribution in [-0.2, 0) is 20.7 Å². The van der Waals surface area contributed by atoms with Gasteiger partial charge in [0.25, 0.3) is 11.7 Å². The molecule has 1 amide bonds. The number of phenols is 1. The molecule has 1 atom stereocenters. The van der Waals surface area contributed by atoms with Crippen molar-refractivity contribution in [1.29, 1.82) is 0 Å². The van der Waals surface area contributed by atoms with Crippen LogP contribution in [0, 0.1) is 0 Å². The number of carbonyl (C=O) groups is 2. The van der Waals surface area contributed by atoms with Crippen molar-refractivity contribution in [2.75, 3.05) is 33.5 Å². The molecule has 0 spiro atoms. The molecule has 180 valence electrons. The molecule has 0 aromatic heterocycles. The van der Waals surface area contributed by atoms with Gasteiger partial charge in [-0.25, -0.2) is 0 Å². The summed E-state index contributed by atoms with van der Waals surface area (Å²) >= 11 is 0. The monoisotopic (exact) mass is 467 g/mol. The van der Waals surface area contributed by atoms with E-state index in [1.165, 1.54) is 11.0 Å². The van der Waals surface area contributed by atoms with E-state index in [1.807, 2.05) is 6.07 Å². The number of hydrogen-bond acceptors (Lipinski definition) is 7. The second kappa shape index (κ2) is 10.2. The van der Waals surface area contributed by atoms with Gasteiger partial charge in [-0.05, 0) is 67.6 Å². The number of aliphatic hydroxyl groups excluding tert-OH is 1. The summed E-state index contributed by atoms with van der Waals surface area (Å²) in [4.78, 5) is 27.6. The summed E-state index contributed by atoms with van der Waals surface area (Å²) in [6, 6.07) is 9.15. The highest BCUT2D eigenvalue weighted by atomic mass is 16.5. The summed E-state index contributed by atoms with van der Waals surface area (Å²) in [7, 11) is 1.57. The second-order valence-electron chi connectivity index (χ2n) is 8.27. The zero-order valence-electron chi connectivity index (χ0n) is 19.4. The number of carbonyl (C=O) groups excluding carboxylic acids is 2. The number of rotatable bonds is 8. The van der Waals surface area contributed by atoms with E-state index < -0.39 is 17.7 Å². The zero-order chi connectivity index (χ0) is 24.2. The first-order valence-corrected chi connectivity index (χ1v) is 11.5. The van der Waals surface area contributed by atoms with Gasteiger partial charge in [-0.3, -0.25) is 9.59 Å². The highest BCUT2D eigenvalue weighted by Gasteiger charge is 2.46. The minimum absolute atomic E-state index is 0.00670. The van der Waals surface area contributed by atoms with E-state index in [9.17, 15) is 19.8 Å². The predicted molar refractivity (Wildman–Crippen MR) is 125 cm³/mol. The van der Waals surface area contributed by atoms with Crippen molar-refractivity contribution in [2.24, 2.45) is 0 Å². The van der Waals surface area contributed by atoms with Gasteiger partial charge in [0.05, 0.1) is 24.8 Å². The topological polar surface area (TPSA) is 106 Å². The number of benzene rings is 2. The summed E-state index contributed by atoms with van der Waals surface area (Å²) in [5.41, 5.74) is 1.96. The van der Waals surface area contributed by atoms with Crippen LogP contribution < -0.4 is 9.47 Å². The smallest absolute Gasteiger partial charge is 0.295 e. The molecular formula is C26H29NO7. The van der Waals surface area contributed by atoms with Crippen LogP contribution in [-0.4, -0.2) is 60.3 Å². The first-order valence-electron chi connectivity index (χ1n) is 11.5. The zero-order valence-corrected chi connectivity index (χ0v) is 19.4. The van der Waals surface area contributed by atoms with Gasteiger partial charge in [0, 0.05) is 25.8 Å². The molecule has 34 heavy (non-hydrogen) atoms. The Labute approximate surface area is 198 Å². The summed E-state index contributed by atoms with van der Waals surface area (Å²) in [6.07, 6.45) is 2.20. The van der Waals surface area contributed by atoms with E-state index in [0.717, 1.165) is 24.2 Å². The van der Waals surface area contributed by atoms with E-state index in [0.29, 0.717) is 37.4 Å². The lowest BCUT2D eigenvalue weighted by atomic mass is 9.93. The summed E-state index contributed by atoms with van der Waals surface area (Å²) in [5, 5.41) is 21.4. The number of aryl methyl sites for hydroxylation is 1. The molecule has 0 bridgehead atoms. The first-order chi connectivity index (χ1) is 16.5. The maximum atomic E-state index is 13.2. The molecule has 2 aromatic carbocycles. The Bertz CT molecular complexity index is 1120. The van der Waals surface area contributed by atoms with Crippen LogP contribution in [0.25, 0.3) is 5.76 Å². The molecule has 2 aromatic rings. The van der Waals surface area contributed by atoms with E-state index in [1.54, 1.807) is 38.3 Å². The summed E-state index contributed by atoms with van der Waals surface area (Å²) in [5.74, 6) is -0.712. The third kappa shape index (κ3) is 4.46. The molecule has 2 aliphatic rings. The molecule has 4 rings (SSSR count). The highest BCUT2D eigenvalue weighted by molar-refractivity contribution is 6.46. The molecule has 2 aliphatic heterocycles. The molecule has 2 heterocycles. The quantitative estimate of drug-likeness (QED) is 0.265. The molecule has 1 fully saturated rings. The van der Waals surface area contributed by atoms with Crippen molar-refractivity contribution in [2.45, 2.75) is 32.2 Å². The summed E-state index contributed by atoms with van der Waals surface area (Å²) in [6.45, 7) is 3.46. The van der Waals surface area contributed by atoms with Gasteiger partial charge in [-0.1, -0.05) is 6.07 Å². The van der Waals surface area contributed by atoms with Crippen LogP contribution in [0.2, 0.25) is 0 Å². The molecule has 8 heteroatoms. The summed E-state index contributed by atoms with van der Waals surface area (Å²) < 4.78 is 16.3. The van der Waals surface area contributed by atoms with E-state index in [4.69, 9.17) is 14.2 Å². The van der Waals surface area contributed by atoms with Crippen molar-refractivity contribution in [3.63, 3.8) is 0 Å². The van der Waals surface area contributed by atoms with Gasteiger partial charge in [0.15, 0.2) is 11.5 Å². The normalized spacial score (nSPS) is 19.1. The number of aliphatic hydroxyl groups is 1. The molecule has 0 radical (unpaired) electrons. The number of ether oxygens (including phenoxy) is 3. The fourth-order valence-corrected chi connectivity index (χ4v) is 4.47. The number of ketones is 1. The minimum Gasteiger partial charge on any atom is -0.507 e. The Hall–Kier alpha value is -3.52. The highest BCUT2D eigenvalue weighted by Crippen LogP contribution is 2.42. The maximum absolute atomic E-state index is 13.2. The van der Waals surface area contributed by atoms with Crippen LogP contribution in [0.3, 0.4) is 0 Å². The molecule has 8 nitrogen and oxygen atoms in total. The van der Waals surface area contributed by atoms with Crippen molar-refractivity contribution >= 4 is 17.4 Å². The van der Waals surface area contributed by atoms with Gasteiger partial charge in [-0.2, -0.15) is 0 Å². The Morgan fingerprint density at radius 1 is 1.21 bits per heavy atom. The van der Waals surface area contributed by atoms with Crippen molar-refractivity contribution < 1.29 is 34.0 Å². The number of aromatic hydroxyl groups is 1. The average molecular weight is 468 g/mol. The Balaban J connectivity index is 1.82. The SMILES string of the molecule is CCOc1cc(C2/C(=C(\O)c3ccc4c(c3)CCCO4)C(=O)C(=O)N2CCCOC)ccc1O. The van der Waals surface area contributed by atoms with Gasteiger partial charge < -0.3 is 29.3 Å². The molecule has 0 saturated carbocycles. The Morgan fingerprint density at radius 2 is 2.03 bits per heavy atom. The molecular weight excluding hydrogens is 438 g/mol. The van der Waals surface area contributed by atoms with Crippen molar-refractivity contribution in [1.82, 2.24) is 4.90 Å². The van der Waals surface area contributed by atoms with Gasteiger partial charge in [-0.15, -0.1) is 0 Å².